The highest BCUT2D eigenvalue weighted by molar-refractivity contribution is 7.81. The minimum Gasteiger partial charge on any atom is -0.365 e. The zero-order valence-electron chi connectivity index (χ0n) is 6.70. The number of hydrogen-bond donors (Lipinski definition) is 3. The molecule has 0 rings (SSSR count). The van der Waals surface area contributed by atoms with E-state index < -0.39 is 11.0 Å². The van der Waals surface area contributed by atoms with E-state index in [1.165, 1.54) is 0 Å². The Labute approximate surface area is 67.7 Å². The lowest BCUT2D eigenvalue weighted by atomic mass is 10.0. The van der Waals surface area contributed by atoms with E-state index in [4.69, 9.17) is 0 Å². The third kappa shape index (κ3) is 3.44. The van der Waals surface area contributed by atoms with Gasteiger partial charge in [0.15, 0.2) is 5.79 Å². The van der Waals surface area contributed by atoms with Crippen LogP contribution in [0.4, 0.5) is 0 Å². The molecule has 0 fully saturated rings. The normalized spacial score (nSPS) is 15.9. The van der Waals surface area contributed by atoms with E-state index in [1.807, 2.05) is 13.8 Å². The monoisotopic (exact) mass is 164 g/mol. The summed E-state index contributed by atoms with van der Waals surface area (Å²) in [7, 11) is 0. The van der Waals surface area contributed by atoms with E-state index in [0.29, 0.717) is 6.42 Å². The summed E-state index contributed by atoms with van der Waals surface area (Å²) >= 11 is 3.95. The topological polar surface area (TPSA) is 40.5 Å². The third-order valence-electron chi connectivity index (χ3n) is 1.38. The molecule has 3 heteroatoms. The molecule has 0 aliphatic heterocycles. The average molecular weight is 164 g/mol. The Bertz CT molecular complexity index is 99.8. The fourth-order valence-corrected chi connectivity index (χ4v) is 0.877. The Hall–Kier alpha value is 0.270. The molecule has 0 radical (unpaired) electrons. The Morgan fingerprint density at radius 3 is 1.80 bits per heavy atom. The molecule has 0 spiro atoms. The van der Waals surface area contributed by atoms with Crippen LogP contribution in [0.3, 0.4) is 0 Å². The summed E-state index contributed by atoms with van der Waals surface area (Å²) in [6.07, 6.45) is 0.373. The third-order valence-corrected chi connectivity index (χ3v) is 1.79. The number of thiol groups is 1. The lowest BCUT2D eigenvalue weighted by molar-refractivity contribution is -0.168. The maximum Gasteiger partial charge on any atom is 0.174 e. The van der Waals surface area contributed by atoms with Gasteiger partial charge in [-0.15, -0.1) is 0 Å². The minimum absolute atomic E-state index is 0.282. The SMILES string of the molecule is CC(C)CC(O)(O)C(C)S. The average Bonchev–Trinajstić information content (AvgIpc) is 1.60. The van der Waals surface area contributed by atoms with Crippen molar-refractivity contribution in [2.24, 2.45) is 5.92 Å². The first-order valence-electron chi connectivity index (χ1n) is 3.49. The summed E-state index contributed by atoms with van der Waals surface area (Å²) in [6.45, 7) is 5.56. The fourth-order valence-electron chi connectivity index (χ4n) is 0.771. The molecule has 10 heavy (non-hydrogen) atoms. The lowest BCUT2D eigenvalue weighted by Crippen LogP contribution is -2.38. The van der Waals surface area contributed by atoms with Crippen molar-refractivity contribution in [1.82, 2.24) is 0 Å². The van der Waals surface area contributed by atoms with Crippen LogP contribution < -0.4 is 0 Å². The van der Waals surface area contributed by atoms with Gasteiger partial charge in [-0.25, -0.2) is 0 Å². The molecule has 1 atom stereocenters. The van der Waals surface area contributed by atoms with Crippen molar-refractivity contribution in [2.45, 2.75) is 38.2 Å². The molecule has 0 aromatic heterocycles. The van der Waals surface area contributed by atoms with Gasteiger partial charge in [0.25, 0.3) is 0 Å². The van der Waals surface area contributed by atoms with Gasteiger partial charge >= 0.3 is 0 Å². The Balaban J connectivity index is 3.87. The molecule has 62 valence electrons. The molecule has 0 aromatic rings. The van der Waals surface area contributed by atoms with Gasteiger partial charge in [0, 0.05) is 6.42 Å². The van der Waals surface area contributed by atoms with Crippen LogP contribution in [-0.2, 0) is 0 Å². The summed E-state index contributed by atoms with van der Waals surface area (Å²) in [5.41, 5.74) is 0. The summed E-state index contributed by atoms with van der Waals surface area (Å²) in [6, 6.07) is 0. The van der Waals surface area contributed by atoms with Gasteiger partial charge in [0.2, 0.25) is 0 Å². The first kappa shape index (κ1) is 10.3. The molecule has 0 bridgehead atoms. The predicted octanol–water partition coefficient (Wildman–Crippen LogP) is 1.03. The highest BCUT2D eigenvalue weighted by atomic mass is 32.1. The summed E-state index contributed by atoms with van der Waals surface area (Å²) in [5, 5.41) is 18.1. The van der Waals surface area contributed by atoms with Gasteiger partial charge in [0.1, 0.15) is 0 Å². The molecule has 0 saturated carbocycles. The van der Waals surface area contributed by atoms with Crippen LogP contribution in [0.25, 0.3) is 0 Å². The number of hydrogen-bond acceptors (Lipinski definition) is 3. The predicted molar refractivity (Wildman–Crippen MR) is 45.1 cm³/mol. The van der Waals surface area contributed by atoms with E-state index in [9.17, 15) is 10.2 Å². The van der Waals surface area contributed by atoms with Crippen LogP contribution in [0.1, 0.15) is 27.2 Å². The van der Waals surface area contributed by atoms with Crippen molar-refractivity contribution in [3.05, 3.63) is 0 Å². The minimum atomic E-state index is -1.61. The van der Waals surface area contributed by atoms with E-state index in [2.05, 4.69) is 12.6 Å². The first-order valence-corrected chi connectivity index (χ1v) is 4.00. The lowest BCUT2D eigenvalue weighted by Gasteiger charge is -2.26. The van der Waals surface area contributed by atoms with Crippen molar-refractivity contribution in [3.63, 3.8) is 0 Å². The van der Waals surface area contributed by atoms with E-state index in [1.54, 1.807) is 6.92 Å². The van der Waals surface area contributed by atoms with Gasteiger partial charge in [-0.1, -0.05) is 13.8 Å². The second kappa shape index (κ2) is 3.60. The van der Waals surface area contributed by atoms with Crippen molar-refractivity contribution in [3.8, 4) is 0 Å². The zero-order chi connectivity index (χ0) is 8.36. The van der Waals surface area contributed by atoms with E-state index >= 15 is 0 Å². The van der Waals surface area contributed by atoms with Crippen LogP contribution in [0.15, 0.2) is 0 Å². The molecule has 2 N–H and O–H groups in total. The fraction of sp³-hybridized carbons (Fsp3) is 1.00. The van der Waals surface area contributed by atoms with Crippen LogP contribution in [0.5, 0.6) is 0 Å². The molecular formula is C7H16O2S. The highest BCUT2D eigenvalue weighted by Crippen LogP contribution is 2.20. The van der Waals surface area contributed by atoms with Gasteiger partial charge in [-0.05, 0) is 12.8 Å². The van der Waals surface area contributed by atoms with Crippen LogP contribution in [0, 0.1) is 5.92 Å². The molecule has 2 nitrogen and oxygen atoms in total. The second-order valence-corrected chi connectivity index (χ2v) is 3.93. The molecule has 0 aliphatic rings. The molecular weight excluding hydrogens is 148 g/mol. The number of aliphatic hydroxyl groups is 2. The molecule has 0 heterocycles. The Morgan fingerprint density at radius 2 is 1.70 bits per heavy atom. The Morgan fingerprint density at radius 1 is 1.30 bits per heavy atom. The smallest absolute Gasteiger partial charge is 0.174 e. The van der Waals surface area contributed by atoms with Gasteiger partial charge in [-0.3, -0.25) is 0 Å². The largest absolute Gasteiger partial charge is 0.365 e. The van der Waals surface area contributed by atoms with Gasteiger partial charge < -0.3 is 10.2 Å². The molecule has 0 amide bonds. The summed E-state index contributed by atoms with van der Waals surface area (Å²) in [5.74, 6) is -1.33. The van der Waals surface area contributed by atoms with Crippen molar-refractivity contribution in [2.75, 3.05) is 0 Å². The zero-order valence-corrected chi connectivity index (χ0v) is 7.60. The summed E-state index contributed by atoms with van der Waals surface area (Å²) < 4.78 is 0. The maximum absolute atomic E-state index is 9.24. The first-order chi connectivity index (χ1) is 4.36. The quantitative estimate of drug-likeness (QED) is 0.431. The molecule has 0 saturated heterocycles. The highest BCUT2D eigenvalue weighted by Gasteiger charge is 2.28. The summed E-state index contributed by atoms with van der Waals surface area (Å²) in [4.78, 5) is 0. The van der Waals surface area contributed by atoms with E-state index in [0.717, 1.165) is 0 Å². The van der Waals surface area contributed by atoms with Gasteiger partial charge in [-0.2, -0.15) is 12.6 Å². The van der Waals surface area contributed by atoms with Crippen molar-refractivity contribution < 1.29 is 10.2 Å². The van der Waals surface area contributed by atoms with Crippen molar-refractivity contribution in [1.29, 1.82) is 0 Å². The molecule has 0 aliphatic carbocycles. The Kier molecular flexibility index (Phi) is 3.70. The van der Waals surface area contributed by atoms with Crippen molar-refractivity contribution >= 4 is 12.6 Å². The number of rotatable bonds is 3. The molecule has 0 aromatic carbocycles. The van der Waals surface area contributed by atoms with Crippen LogP contribution >= 0.6 is 12.6 Å². The van der Waals surface area contributed by atoms with Crippen LogP contribution in [0.2, 0.25) is 0 Å². The molecule has 1 unspecified atom stereocenters. The van der Waals surface area contributed by atoms with Crippen LogP contribution in [-0.4, -0.2) is 21.3 Å². The maximum atomic E-state index is 9.24. The standard InChI is InChI=1S/C7H16O2S/c1-5(2)4-7(8,9)6(3)10/h5-6,8-10H,4H2,1-3H3. The van der Waals surface area contributed by atoms with Gasteiger partial charge in [0.05, 0.1) is 5.25 Å². The van der Waals surface area contributed by atoms with E-state index in [-0.39, 0.29) is 5.92 Å². The second-order valence-electron chi connectivity index (χ2n) is 3.15.